The van der Waals surface area contributed by atoms with Gasteiger partial charge in [-0.2, -0.15) is 12.7 Å². The largest absolute Gasteiger partial charge is 0.352 e. The Morgan fingerprint density at radius 3 is 2.74 bits per heavy atom. The van der Waals surface area contributed by atoms with E-state index in [1.807, 2.05) is 30.3 Å². The van der Waals surface area contributed by atoms with Gasteiger partial charge >= 0.3 is 0 Å². The highest BCUT2D eigenvalue weighted by atomic mass is 32.2. The number of nitrogens with one attached hydrogen (secondary N) is 2. The molecule has 6 nitrogen and oxygen atoms in total. The SMILES string of the molecule is CC1CCCN(S(=O)(=O)NCCC(=O)NCc2ccccc2)C1. The number of amides is 1. The molecule has 0 aliphatic carbocycles. The Bertz CT molecular complexity index is 604. The van der Waals surface area contributed by atoms with Gasteiger partial charge in [0.05, 0.1) is 0 Å². The standard InChI is InChI=1S/C16H25N3O3S/c1-14-6-5-11-19(13-14)23(21,22)18-10-9-16(20)17-12-15-7-3-2-4-8-15/h2-4,7-8,14,18H,5-6,9-13H2,1H3,(H,17,20). The highest BCUT2D eigenvalue weighted by Crippen LogP contribution is 2.17. The molecular formula is C16H25N3O3S. The van der Waals surface area contributed by atoms with Gasteiger partial charge in [-0.05, 0) is 24.3 Å². The maximum absolute atomic E-state index is 12.2. The molecule has 0 saturated carbocycles. The van der Waals surface area contributed by atoms with Crippen LogP contribution in [0.5, 0.6) is 0 Å². The fourth-order valence-electron chi connectivity index (χ4n) is 2.63. The third-order valence-electron chi connectivity index (χ3n) is 3.93. The molecule has 1 heterocycles. The Morgan fingerprint density at radius 1 is 1.30 bits per heavy atom. The lowest BCUT2D eigenvalue weighted by atomic mass is 10.0. The molecule has 1 unspecified atom stereocenters. The fourth-order valence-corrected chi connectivity index (χ4v) is 4.00. The average Bonchev–Trinajstić information content (AvgIpc) is 2.54. The predicted octanol–water partition coefficient (Wildman–Crippen LogP) is 1.26. The average molecular weight is 339 g/mol. The van der Waals surface area contributed by atoms with Crippen LogP contribution in [0, 0.1) is 5.92 Å². The van der Waals surface area contributed by atoms with Crippen molar-refractivity contribution in [3.8, 4) is 0 Å². The van der Waals surface area contributed by atoms with Crippen LogP contribution < -0.4 is 10.0 Å². The quantitative estimate of drug-likeness (QED) is 0.785. The van der Waals surface area contributed by atoms with Crippen LogP contribution in [0.1, 0.15) is 31.7 Å². The van der Waals surface area contributed by atoms with Crippen molar-refractivity contribution >= 4 is 16.1 Å². The third-order valence-corrected chi connectivity index (χ3v) is 5.51. The van der Waals surface area contributed by atoms with Crippen LogP contribution in [0.3, 0.4) is 0 Å². The molecule has 0 radical (unpaired) electrons. The van der Waals surface area contributed by atoms with Crippen LogP contribution in [0.25, 0.3) is 0 Å². The first-order chi connectivity index (χ1) is 11.0. The summed E-state index contributed by atoms with van der Waals surface area (Å²) >= 11 is 0. The summed E-state index contributed by atoms with van der Waals surface area (Å²) in [7, 11) is -3.48. The zero-order chi connectivity index (χ0) is 16.7. The van der Waals surface area contributed by atoms with Crippen LogP contribution in [-0.2, 0) is 21.5 Å². The molecule has 0 spiro atoms. The molecular weight excluding hydrogens is 314 g/mol. The summed E-state index contributed by atoms with van der Waals surface area (Å²) in [5.74, 6) is 0.220. The highest BCUT2D eigenvalue weighted by Gasteiger charge is 2.26. The van der Waals surface area contributed by atoms with E-state index in [2.05, 4.69) is 17.0 Å². The van der Waals surface area contributed by atoms with Crippen LogP contribution >= 0.6 is 0 Å². The number of hydrogen-bond acceptors (Lipinski definition) is 3. The van der Waals surface area contributed by atoms with Gasteiger partial charge in [0.1, 0.15) is 0 Å². The van der Waals surface area contributed by atoms with Gasteiger partial charge in [-0.25, -0.2) is 4.72 Å². The summed E-state index contributed by atoms with van der Waals surface area (Å²) in [5, 5.41) is 2.78. The van der Waals surface area contributed by atoms with Crippen molar-refractivity contribution in [2.75, 3.05) is 19.6 Å². The van der Waals surface area contributed by atoms with E-state index in [1.54, 1.807) is 0 Å². The highest BCUT2D eigenvalue weighted by molar-refractivity contribution is 7.87. The van der Waals surface area contributed by atoms with Crippen LogP contribution in [-0.4, -0.2) is 38.3 Å². The van der Waals surface area contributed by atoms with E-state index in [9.17, 15) is 13.2 Å². The molecule has 1 aromatic rings. The second kappa shape index (κ2) is 8.42. The van der Waals surface area contributed by atoms with Gasteiger partial charge < -0.3 is 5.32 Å². The van der Waals surface area contributed by atoms with Crippen molar-refractivity contribution in [2.45, 2.75) is 32.7 Å². The first kappa shape index (κ1) is 17.9. The zero-order valence-corrected chi connectivity index (χ0v) is 14.3. The Balaban J connectivity index is 1.70. The molecule has 1 aliphatic rings. The molecule has 1 aromatic carbocycles. The number of carbonyl (C=O) groups is 1. The van der Waals surface area contributed by atoms with E-state index >= 15 is 0 Å². The molecule has 128 valence electrons. The first-order valence-electron chi connectivity index (χ1n) is 8.03. The van der Waals surface area contributed by atoms with Crippen molar-refractivity contribution in [3.05, 3.63) is 35.9 Å². The van der Waals surface area contributed by atoms with E-state index in [-0.39, 0.29) is 18.9 Å². The van der Waals surface area contributed by atoms with E-state index < -0.39 is 10.2 Å². The predicted molar refractivity (Wildman–Crippen MR) is 89.8 cm³/mol. The molecule has 1 amide bonds. The Labute approximate surface area is 138 Å². The van der Waals surface area contributed by atoms with Crippen molar-refractivity contribution < 1.29 is 13.2 Å². The van der Waals surface area contributed by atoms with E-state index in [1.165, 1.54) is 4.31 Å². The van der Waals surface area contributed by atoms with Gasteiger partial charge in [-0.3, -0.25) is 4.79 Å². The molecule has 1 aliphatic heterocycles. The van der Waals surface area contributed by atoms with Gasteiger partial charge in [0, 0.05) is 32.6 Å². The van der Waals surface area contributed by atoms with E-state index in [0.29, 0.717) is 25.6 Å². The second-order valence-corrected chi connectivity index (χ2v) is 7.77. The molecule has 1 saturated heterocycles. The number of carbonyl (C=O) groups excluding carboxylic acids is 1. The zero-order valence-electron chi connectivity index (χ0n) is 13.5. The number of hydrogen-bond donors (Lipinski definition) is 2. The van der Waals surface area contributed by atoms with Crippen molar-refractivity contribution in [3.63, 3.8) is 0 Å². The molecule has 2 N–H and O–H groups in total. The van der Waals surface area contributed by atoms with Gasteiger partial charge in [-0.1, -0.05) is 37.3 Å². The smallest absolute Gasteiger partial charge is 0.279 e. The topological polar surface area (TPSA) is 78.5 Å². The minimum Gasteiger partial charge on any atom is -0.352 e. The Morgan fingerprint density at radius 2 is 2.04 bits per heavy atom. The van der Waals surface area contributed by atoms with Gasteiger partial charge in [0.2, 0.25) is 5.91 Å². The first-order valence-corrected chi connectivity index (χ1v) is 9.47. The molecule has 1 fully saturated rings. The minimum atomic E-state index is -3.48. The molecule has 1 atom stereocenters. The molecule has 2 rings (SSSR count). The molecule has 7 heteroatoms. The number of piperidine rings is 1. The fraction of sp³-hybridized carbons (Fsp3) is 0.562. The number of nitrogens with zero attached hydrogens (tertiary/aromatic N) is 1. The number of benzene rings is 1. The second-order valence-electron chi connectivity index (χ2n) is 6.02. The molecule has 0 bridgehead atoms. The Hall–Kier alpha value is -1.44. The summed E-state index contributed by atoms with van der Waals surface area (Å²) < 4.78 is 28.3. The lowest BCUT2D eigenvalue weighted by molar-refractivity contribution is -0.121. The van der Waals surface area contributed by atoms with Crippen molar-refractivity contribution in [1.82, 2.24) is 14.3 Å². The summed E-state index contributed by atoms with van der Waals surface area (Å²) in [5.41, 5.74) is 1.02. The number of rotatable bonds is 7. The van der Waals surface area contributed by atoms with Crippen molar-refractivity contribution in [2.24, 2.45) is 5.92 Å². The van der Waals surface area contributed by atoms with Gasteiger partial charge in [-0.15, -0.1) is 0 Å². The van der Waals surface area contributed by atoms with Crippen molar-refractivity contribution in [1.29, 1.82) is 0 Å². The minimum absolute atomic E-state index is 0.119. The maximum atomic E-state index is 12.2. The van der Waals surface area contributed by atoms with Crippen LogP contribution in [0.4, 0.5) is 0 Å². The van der Waals surface area contributed by atoms with Crippen LogP contribution in [0.2, 0.25) is 0 Å². The van der Waals surface area contributed by atoms with E-state index in [0.717, 1.165) is 18.4 Å². The van der Waals surface area contributed by atoms with Gasteiger partial charge in [0.15, 0.2) is 0 Å². The Kier molecular flexibility index (Phi) is 6.56. The lowest BCUT2D eigenvalue weighted by Gasteiger charge is -2.29. The summed E-state index contributed by atoms with van der Waals surface area (Å²) in [6.45, 7) is 3.73. The maximum Gasteiger partial charge on any atom is 0.279 e. The molecule has 0 aromatic heterocycles. The van der Waals surface area contributed by atoms with Crippen LogP contribution in [0.15, 0.2) is 30.3 Å². The lowest BCUT2D eigenvalue weighted by Crippen LogP contribution is -2.46. The third kappa shape index (κ3) is 5.93. The monoisotopic (exact) mass is 339 g/mol. The summed E-state index contributed by atoms with van der Waals surface area (Å²) in [4.78, 5) is 11.8. The summed E-state index contributed by atoms with van der Waals surface area (Å²) in [6.07, 6.45) is 2.09. The van der Waals surface area contributed by atoms with Gasteiger partial charge in [0.25, 0.3) is 10.2 Å². The molecule has 23 heavy (non-hydrogen) atoms. The normalized spacial score (nSPS) is 19.4. The van der Waals surface area contributed by atoms with E-state index in [4.69, 9.17) is 0 Å². The summed E-state index contributed by atoms with van der Waals surface area (Å²) in [6, 6.07) is 9.60.